The monoisotopic (exact) mass is 189 g/mol. The smallest absolute Gasteiger partial charge is 0.0644 e. The Morgan fingerprint density at radius 3 is 2.08 bits per heavy atom. The molecule has 0 aliphatic carbocycles. The van der Waals surface area contributed by atoms with Crippen molar-refractivity contribution in [3.8, 4) is 0 Å². The third-order valence-corrected chi connectivity index (χ3v) is 2.02. The SMILES string of the molecule is Cc1nn(C)c(C)c1C(C)N.Cl. The average Bonchev–Trinajstić information content (AvgIpc) is 2.07. The van der Waals surface area contributed by atoms with Crippen LogP contribution in [0.15, 0.2) is 0 Å². The molecule has 3 nitrogen and oxygen atoms in total. The lowest BCUT2D eigenvalue weighted by atomic mass is 10.1. The van der Waals surface area contributed by atoms with Crippen LogP contribution in [0.3, 0.4) is 0 Å². The molecule has 1 aromatic heterocycles. The van der Waals surface area contributed by atoms with E-state index in [4.69, 9.17) is 5.73 Å². The van der Waals surface area contributed by atoms with Gasteiger partial charge in [-0.15, -0.1) is 12.4 Å². The van der Waals surface area contributed by atoms with Crippen molar-refractivity contribution < 1.29 is 0 Å². The van der Waals surface area contributed by atoms with Gasteiger partial charge in [0, 0.05) is 24.3 Å². The van der Waals surface area contributed by atoms with Gasteiger partial charge in [0.05, 0.1) is 5.69 Å². The molecule has 0 saturated heterocycles. The van der Waals surface area contributed by atoms with Crippen LogP contribution in [0.5, 0.6) is 0 Å². The highest BCUT2D eigenvalue weighted by Gasteiger charge is 2.11. The van der Waals surface area contributed by atoms with Gasteiger partial charge in [0.1, 0.15) is 0 Å². The predicted octanol–water partition coefficient (Wildman–Crippen LogP) is 1.48. The maximum Gasteiger partial charge on any atom is 0.0644 e. The van der Waals surface area contributed by atoms with E-state index in [1.54, 1.807) is 0 Å². The summed E-state index contributed by atoms with van der Waals surface area (Å²) in [6.45, 7) is 6.02. The van der Waals surface area contributed by atoms with Crippen LogP contribution in [0, 0.1) is 13.8 Å². The highest BCUT2D eigenvalue weighted by molar-refractivity contribution is 5.85. The summed E-state index contributed by atoms with van der Waals surface area (Å²) in [4.78, 5) is 0. The molecule has 0 saturated carbocycles. The molecule has 0 fully saturated rings. The first-order valence-electron chi connectivity index (χ1n) is 3.79. The number of hydrogen-bond acceptors (Lipinski definition) is 2. The molecule has 0 aliphatic rings. The van der Waals surface area contributed by atoms with Crippen molar-refractivity contribution in [2.24, 2.45) is 12.8 Å². The molecule has 0 radical (unpaired) electrons. The van der Waals surface area contributed by atoms with Gasteiger partial charge in [-0.05, 0) is 20.8 Å². The number of hydrogen-bond donors (Lipinski definition) is 1. The number of halogens is 1. The molecule has 1 unspecified atom stereocenters. The average molecular weight is 190 g/mol. The third-order valence-electron chi connectivity index (χ3n) is 2.02. The molecule has 0 amide bonds. The number of rotatable bonds is 1. The highest BCUT2D eigenvalue weighted by Crippen LogP contribution is 2.17. The number of nitrogens with two attached hydrogens (primary N) is 1. The fraction of sp³-hybridized carbons (Fsp3) is 0.625. The third kappa shape index (κ3) is 1.79. The van der Waals surface area contributed by atoms with E-state index in [9.17, 15) is 0 Å². The molecular weight excluding hydrogens is 174 g/mol. The molecule has 0 aromatic carbocycles. The normalized spacial score (nSPS) is 12.4. The molecule has 1 aromatic rings. The molecular formula is C8H16ClN3. The summed E-state index contributed by atoms with van der Waals surface area (Å²) in [5.74, 6) is 0. The number of aromatic nitrogens is 2. The summed E-state index contributed by atoms with van der Waals surface area (Å²) in [7, 11) is 1.94. The quantitative estimate of drug-likeness (QED) is 0.728. The standard InChI is InChI=1S/C8H15N3.ClH/c1-5(9)8-6(2)10-11(4)7(8)3;/h5H,9H2,1-4H3;1H. The summed E-state index contributed by atoms with van der Waals surface area (Å²) >= 11 is 0. The second-order valence-electron chi connectivity index (χ2n) is 3.00. The van der Waals surface area contributed by atoms with Crippen LogP contribution in [-0.2, 0) is 7.05 Å². The molecule has 2 N–H and O–H groups in total. The molecule has 70 valence electrons. The van der Waals surface area contributed by atoms with Crippen molar-refractivity contribution in [1.29, 1.82) is 0 Å². The van der Waals surface area contributed by atoms with E-state index in [2.05, 4.69) is 5.10 Å². The summed E-state index contributed by atoms with van der Waals surface area (Å²) in [6.07, 6.45) is 0. The van der Waals surface area contributed by atoms with Gasteiger partial charge in [-0.2, -0.15) is 5.10 Å². The van der Waals surface area contributed by atoms with E-state index >= 15 is 0 Å². The fourth-order valence-corrected chi connectivity index (χ4v) is 1.45. The van der Waals surface area contributed by atoms with E-state index in [0.717, 1.165) is 11.4 Å². The van der Waals surface area contributed by atoms with E-state index in [-0.39, 0.29) is 18.4 Å². The second-order valence-corrected chi connectivity index (χ2v) is 3.00. The molecule has 0 spiro atoms. The van der Waals surface area contributed by atoms with Gasteiger partial charge >= 0.3 is 0 Å². The molecule has 0 aliphatic heterocycles. The van der Waals surface area contributed by atoms with E-state index in [1.807, 2.05) is 32.5 Å². The van der Waals surface area contributed by atoms with E-state index in [0.29, 0.717) is 0 Å². The van der Waals surface area contributed by atoms with Crippen LogP contribution >= 0.6 is 12.4 Å². The molecule has 1 heterocycles. The lowest BCUT2D eigenvalue weighted by Gasteiger charge is -2.04. The Labute approximate surface area is 79.4 Å². The van der Waals surface area contributed by atoms with Crippen LogP contribution < -0.4 is 5.73 Å². The van der Waals surface area contributed by atoms with Crippen molar-refractivity contribution in [1.82, 2.24) is 9.78 Å². The first-order chi connectivity index (χ1) is 5.04. The van der Waals surface area contributed by atoms with Gasteiger partial charge < -0.3 is 5.73 Å². The zero-order valence-electron chi connectivity index (χ0n) is 7.96. The minimum atomic E-state index is 0. The second kappa shape index (κ2) is 3.92. The summed E-state index contributed by atoms with van der Waals surface area (Å²) in [5.41, 5.74) is 9.16. The Kier molecular flexibility index (Phi) is 3.74. The van der Waals surface area contributed by atoms with Gasteiger partial charge in [0.25, 0.3) is 0 Å². The van der Waals surface area contributed by atoms with Crippen molar-refractivity contribution in [2.45, 2.75) is 26.8 Å². The van der Waals surface area contributed by atoms with Gasteiger partial charge in [0.2, 0.25) is 0 Å². The first kappa shape index (κ1) is 11.5. The Bertz CT molecular complexity index is 266. The van der Waals surface area contributed by atoms with E-state index in [1.165, 1.54) is 5.56 Å². The molecule has 1 rings (SSSR count). The van der Waals surface area contributed by atoms with Gasteiger partial charge in [-0.1, -0.05) is 0 Å². The van der Waals surface area contributed by atoms with Crippen LogP contribution in [0.25, 0.3) is 0 Å². The van der Waals surface area contributed by atoms with Gasteiger partial charge in [0.15, 0.2) is 0 Å². The Morgan fingerprint density at radius 1 is 1.42 bits per heavy atom. The first-order valence-corrected chi connectivity index (χ1v) is 3.79. The lowest BCUT2D eigenvalue weighted by Crippen LogP contribution is -2.07. The lowest BCUT2D eigenvalue weighted by molar-refractivity contribution is 0.726. The summed E-state index contributed by atoms with van der Waals surface area (Å²) < 4.78 is 1.87. The highest BCUT2D eigenvalue weighted by atomic mass is 35.5. The van der Waals surface area contributed by atoms with Crippen molar-refractivity contribution >= 4 is 12.4 Å². The summed E-state index contributed by atoms with van der Waals surface area (Å²) in [5, 5.41) is 4.27. The minimum absolute atomic E-state index is 0. The minimum Gasteiger partial charge on any atom is -0.324 e. The maximum atomic E-state index is 5.78. The molecule has 4 heteroatoms. The van der Waals surface area contributed by atoms with Crippen LogP contribution in [0.2, 0.25) is 0 Å². The Balaban J connectivity index is 0.00000121. The number of aryl methyl sites for hydroxylation is 2. The predicted molar refractivity (Wildman–Crippen MR) is 52.5 cm³/mol. The van der Waals surface area contributed by atoms with Crippen molar-refractivity contribution in [3.63, 3.8) is 0 Å². The largest absolute Gasteiger partial charge is 0.324 e. The summed E-state index contributed by atoms with van der Waals surface area (Å²) in [6, 6.07) is 0.0868. The Hall–Kier alpha value is -0.540. The number of nitrogens with zero attached hydrogens (tertiary/aromatic N) is 2. The van der Waals surface area contributed by atoms with Crippen LogP contribution in [0.1, 0.15) is 29.9 Å². The van der Waals surface area contributed by atoms with E-state index < -0.39 is 0 Å². The van der Waals surface area contributed by atoms with Crippen LogP contribution in [-0.4, -0.2) is 9.78 Å². The van der Waals surface area contributed by atoms with Gasteiger partial charge in [-0.25, -0.2) is 0 Å². The zero-order chi connectivity index (χ0) is 8.59. The van der Waals surface area contributed by atoms with Gasteiger partial charge in [-0.3, -0.25) is 4.68 Å². The van der Waals surface area contributed by atoms with Crippen LogP contribution in [0.4, 0.5) is 0 Å². The molecule has 0 bridgehead atoms. The topological polar surface area (TPSA) is 43.8 Å². The molecule has 1 atom stereocenters. The molecule has 12 heavy (non-hydrogen) atoms. The maximum absolute atomic E-state index is 5.78. The van der Waals surface area contributed by atoms with Crippen molar-refractivity contribution in [3.05, 3.63) is 17.0 Å². The fourth-order valence-electron chi connectivity index (χ4n) is 1.45. The van der Waals surface area contributed by atoms with Crippen molar-refractivity contribution in [2.75, 3.05) is 0 Å². The Morgan fingerprint density at radius 2 is 1.92 bits per heavy atom. The zero-order valence-corrected chi connectivity index (χ0v) is 8.77.